The highest BCUT2D eigenvalue weighted by Crippen LogP contribution is 2.14. The van der Waals surface area contributed by atoms with Gasteiger partial charge in [0.1, 0.15) is 11.6 Å². The zero-order valence-electron chi connectivity index (χ0n) is 8.73. The third-order valence-corrected chi connectivity index (χ3v) is 2.36. The molecule has 1 aromatic heterocycles. The molecule has 16 heavy (non-hydrogen) atoms. The van der Waals surface area contributed by atoms with Crippen molar-refractivity contribution in [2.24, 2.45) is 5.73 Å². The van der Waals surface area contributed by atoms with Crippen LogP contribution in [-0.2, 0) is 6.42 Å². The highest BCUT2D eigenvalue weighted by Gasteiger charge is 2.04. The number of nitrogens with two attached hydrogens (primary N) is 1. The molecule has 0 bridgehead atoms. The maximum absolute atomic E-state index is 11.7. The number of fused-ring (bicyclic) bond motifs is 1. The number of benzene rings is 1. The van der Waals surface area contributed by atoms with E-state index in [2.05, 4.69) is 9.97 Å². The lowest BCUT2D eigenvalue weighted by atomic mass is 10.2. The predicted molar refractivity (Wildman–Crippen MR) is 61.4 cm³/mol. The summed E-state index contributed by atoms with van der Waals surface area (Å²) in [6.07, 6.45) is 1.41. The second kappa shape index (κ2) is 4.32. The van der Waals surface area contributed by atoms with Crippen LogP contribution >= 0.6 is 0 Å². The van der Waals surface area contributed by atoms with Gasteiger partial charge in [-0.2, -0.15) is 0 Å². The molecule has 2 rings (SSSR count). The van der Waals surface area contributed by atoms with Crippen LogP contribution < -0.4 is 11.3 Å². The summed E-state index contributed by atoms with van der Waals surface area (Å²) < 4.78 is 0. The minimum atomic E-state index is -0.183. The van der Waals surface area contributed by atoms with Gasteiger partial charge < -0.3 is 15.8 Å². The van der Waals surface area contributed by atoms with Crippen molar-refractivity contribution in [2.45, 2.75) is 12.8 Å². The van der Waals surface area contributed by atoms with Crippen LogP contribution in [0.3, 0.4) is 0 Å². The monoisotopic (exact) mass is 219 g/mol. The van der Waals surface area contributed by atoms with Gasteiger partial charge in [0.25, 0.3) is 5.56 Å². The molecule has 2 aromatic rings. The van der Waals surface area contributed by atoms with Gasteiger partial charge >= 0.3 is 0 Å². The van der Waals surface area contributed by atoms with E-state index >= 15 is 0 Å². The fraction of sp³-hybridized carbons (Fsp3) is 0.273. The molecule has 5 heteroatoms. The van der Waals surface area contributed by atoms with Crippen molar-refractivity contribution >= 4 is 10.9 Å². The highest BCUT2D eigenvalue weighted by molar-refractivity contribution is 5.78. The van der Waals surface area contributed by atoms with Gasteiger partial charge in [-0.15, -0.1) is 0 Å². The molecule has 0 spiro atoms. The van der Waals surface area contributed by atoms with Gasteiger partial charge in [-0.05, 0) is 25.1 Å². The average molecular weight is 219 g/mol. The molecule has 0 saturated carbocycles. The van der Waals surface area contributed by atoms with Crippen molar-refractivity contribution in [3.8, 4) is 5.75 Å². The first-order valence-electron chi connectivity index (χ1n) is 5.12. The number of nitrogens with zero attached hydrogens (tertiary/aromatic N) is 1. The Kier molecular flexibility index (Phi) is 2.87. The Morgan fingerprint density at radius 3 is 3.00 bits per heavy atom. The van der Waals surface area contributed by atoms with Crippen LogP contribution in [0.2, 0.25) is 0 Å². The van der Waals surface area contributed by atoms with E-state index in [9.17, 15) is 9.90 Å². The van der Waals surface area contributed by atoms with E-state index in [1.807, 2.05) is 0 Å². The third kappa shape index (κ3) is 2.04. The minimum absolute atomic E-state index is 0.107. The quantitative estimate of drug-likeness (QED) is 0.701. The topological polar surface area (TPSA) is 92.0 Å². The Hall–Kier alpha value is -1.88. The molecule has 0 unspecified atom stereocenters. The fourth-order valence-electron chi connectivity index (χ4n) is 1.56. The molecule has 1 heterocycles. The van der Waals surface area contributed by atoms with E-state index < -0.39 is 0 Å². The van der Waals surface area contributed by atoms with Gasteiger partial charge in [0.15, 0.2) is 0 Å². The molecule has 0 saturated heterocycles. The second-order valence-corrected chi connectivity index (χ2v) is 3.61. The number of rotatable bonds is 3. The smallest absolute Gasteiger partial charge is 0.258 e. The number of hydrogen-bond acceptors (Lipinski definition) is 4. The zero-order valence-corrected chi connectivity index (χ0v) is 8.73. The Bertz CT molecular complexity index is 563. The maximum atomic E-state index is 11.7. The van der Waals surface area contributed by atoms with Crippen LogP contribution in [-0.4, -0.2) is 21.6 Å². The van der Waals surface area contributed by atoms with Gasteiger partial charge in [-0.25, -0.2) is 4.98 Å². The molecule has 0 atom stereocenters. The number of phenolic OH excluding ortho intramolecular Hbond substituents is 1. The van der Waals surface area contributed by atoms with Crippen molar-refractivity contribution in [1.82, 2.24) is 9.97 Å². The van der Waals surface area contributed by atoms with Crippen molar-refractivity contribution in [1.29, 1.82) is 0 Å². The summed E-state index contributed by atoms with van der Waals surface area (Å²) in [6.45, 7) is 0.557. The van der Waals surface area contributed by atoms with Gasteiger partial charge in [-0.1, -0.05) is 0 Å². The van der Waals surface area contributed by atoms with Crippen LogP contribution in [0.5, 0.6) is 5.75 Å². The van der Waals surface area contributed by atoms with Crippen LogP contribution in [0.4, 0.5) is 0 Å². The normalized spacial score (nSPS) is 10.8. The second-order valence-electron chi connectivity index (χ2n) is 3.61. The number of aromatic hydroxyl groups is 1. The fourth-order valence-corrected chi connectivity index (χ4v) is 1.56. The van der Waals surface area contributed by atoms with Crippen LogP contribution in [0.25, 0.3) is 10.9 Å². The molecule has 0 radical (unpaired) electrons. The summed E-state index contributed by atoms with van der Waals surface area (Å²) in [5.74, 6) is 0.712. The molecule has 0 amide bonds. The predicted octanol–water partition coefficient (Wildman–Crippen LogP) is 0.520. The Morgan fingerprint density at radius 2 is 2.25 bits per heavy atom. The van der Waals surface area contributed by atoms with E-state index in [1.165, 1.54) is 12.1 Å². The lowest BCUT2D eigenvalue weighted by molar-refractivity contribution is 0.476. The molecule has 0 fully saturated rings. The lowest BCUT2D eigenvalue weighted by Crippen LogP contribution is -2.13. The van der Waals surface area contributed by atoms with Crippen molar-refractivity contribution in [2.75, 3.05) is 6.54 Å². The first-order chi connectivity index (χ1) is 7.70. The van der Waals surface area contributed by atoms with Crippen LogP contribution in [0, 0.1) is 0 Å². The molecule has 0 aliphatic heterocycles. The maximum Gasteiger partial charge on any atom is 0.258 e. The number of phenols is 1. The summed E-state index contributed by atoms with van der Waals surface area (Å²) in [5.41, 5.74) is 5.72. The number of nitrogens with one attached hydrogen (secondary N) is 1. The van der Waals surface area contributed by atoms with Crippen molar-refractivity contribution < 1.29 is 5.11 Å². The average Bonchev–Trinajstić information content (AvgIpc) is 2.25. The first kappa shape index (κ1) is 10.6. The number of H-pyrrole nitrogens is 1. The Balaban J connectivity index is 2.52. The van der Waals surface area contributed by atoms with Crippen LogP contribution in [0.15, 0.2) is 23.0 Å². The van der Waals surface area contributed by atoms with E-state index in [0.717, 1.165) is 6.42 Å². The largest absolute Gasteiger partial charge is 0.508 e. The standard InChI is InChI=1S/C11H13N3O2/c12-5-1-2-10-13-9-6-7(15)3-4-8(9)11(16)14-10/h3-4,6,15H,1-2,5,12H2,(H,13,14,16). The summed E-state index contributed by atoms with van der Waals surface area (Å²) in [7, 11) is 0. The number of aromatic amines is 1. The van der Waals surface area contributed by atoms with E-state index in [1.54, 1.807) is 6.07 Å². The summed E-state index contributed by atoms with van der Waals surface area (Å²) in [6, 6.07) is 4.51. The summed E-state index contributed by atoms with van der Waals surface area (Å²) >= 11 is 0. The number of aryl methyl sites for hydroxylation is 1. The van der Waals surface area contributed by atoms with Crippen LogP contribution in [0.1, 0.15) is 12.2 Å². The molecule has 84 valence electrons. The molecule has 5 nitrogen and oxygen atoms in total. The van der Waals surface area contributed by atoms with Gasteiger partial charge in [0.2, 0.25) is 0 Å². The van der Waals surface area contributed by atoms with E-state index in [0.29, 0.717) is 29.7 Å². The molecule has 0 aliphatic rings. The molecular weight excluding hydrogens is 206 g/mol. The number of aromatic nitrogens is 2. The van der Waals surface area contributed by atoms with E-state index in [4.69, 9.17) is 5.73 Å². The van der Waals surface area contributed by atoms with Gasteiger partial charge in [0.05, 0.1) is 10.9 Å². The lowest BCUT2D eigenvalue weighted by Gasteiger charge is -2.02. The first-order valence-corrected chi connectivity index (χ1v) is 5.12. The van der Waals surface area contributed by atoms with Crippen molar-refractivity contribution in [3.05, 3.63) is 34.4 Å². The van der Waals surface area contributed by atoms with Crippen molar-refractivity contribution in [3.63, 3.8) is 0 Å². The summed E-state index contributed by atoms with van der Waals surface area (Å²) in [5, 5.41) is 9.80. The SMILES string of the molecule is NCCCc1nc2cc(O)ccc2c(=O)[nH]1. The van der Waals surface area contributed by atoms with Gasteiger partial charge in [0, 0.05) is 12.5 Å². The molecule has 1 aromatic carbocycles. The van der Waals surface area contributed by atoms with E-state index in [-0.39, 0.29) is 11.3 Å². The molecular formula is C11H13N3O2. The molecule has 0 aliphatic carbocycles. The van der Waals surface area contributed by atoms with Gasteiger partial charge in [-0.3, -0.25) is 4.79 Å². The number of hydrogen-bond donors (Lipinski definition) is 3. The minimum Gasteiger partial charge on any atom is -0.508 e. The highest BCUT2D eigenvalue weighted by atomic mass is 16.3. The third-order valence-electron chi connectivity index (χ3n) is 2.36. The molecule has 4 N–H and O–H groups in total. The Morgan fingerprint density at radius 1 is 1.44 bits per heavy atom. The zero-order chi connectivity index (χ0) is 11.5. The summed E-state index contributed by atoms with van der Waals surface area (Å²) in [4.78, 5) is 18.6. The Labute approximate surface area is 91.9 Å².